The van der Waals surface area contributed by atoms with Crippen LogP contribution in [-0.4, -0.2) is 12.6 Å². The number of hydrogen-bond acceptors (Lipinski definition) is 2. The van der Waals surface area contributed by atoms with Gasteiger partial charge in [0.05, 0.1) is 5.41 Å². The van der Waals surface area contributed by atoms with E-state index < -0.39 is 5.41 Å². The molecule has 2 heteroatoms. The number of rotatable bonds is 2. The molecule has 15 heavy (non-hydrogen) atoms. The average molecular weight is 210 g/mol. The van der Waals surface area contributed by atoms with Crippen LogP contribution >= 0.6 is 0 Å². The lowest BCUT2D eigenvalue weighted by molar-refractivity contribution is -0.127. The second-order valence-corrected chi connectivity index (χ2v) is 4.80. The standard InChI is InChI=1S/C13H22O2/c14-11-13(12-15)9-7-5-3-1-2-4-6-8-10-13/h11-12H,1-10H2. The van der Waals surface area contributed by atoms with Crippen LogP contribution in [0.3, 0.4) is 0 Å². The van der Waals surface area contributed by atoms with E-state index in [1.54, 1.807) is 0 Å². The Bertz CT molecular complexity index is 177. The van der Waals surface area contributed by atoms with Crippen molar-refractivity contribution < 1.29 is 9.59 Å². The van der Waals surface area contributed by atoms with Crippen molar-refractivity contribution in [3.05, 3.63) is 0 Å². The maximum atomic E-state index is 11.0. The lowest BCUT2D eigenvalue weighted by atomic mass is 9.81. The van der Waals surface area contributed by atoms with E-state index in [0.717, 1.165) is 38.3 Å². The summed E-state index contributed by atoms with van der Waals surface area (Å²) in [6, 6.07) is 0. The summed E-state index contributed by atoms with van der Waals surface area (Å²) in [4.78, 5) is 22.1. The number of carbonyl (C=O) groups excluding carboxylic acids is 2. The molecule has 0 N–H and O–H groups in total. The van der Waals surface area contributed by atoms with E-state index in [9.17, 15) is 9.59 Å². The van der Waals surface area contributed by atoms with Crippen LogP contribution in [0, 0.1) is 5.41 Å². The Morgan fingerprint density at radius 3 is 1.27 bits per heavy atom. The van der Waals surface area contributed by atoms with Crippen molar-refractivity contribution in [3.8, 4) is 0 Å². The van der Waals surface area contributed by atoms with Gasteiger partial charge in [0.25, 0.3) is 0 Å². The summed E-state index contributed by atoms with van der Waals surface area (Å²) in [6.45, 7) is 0. The van der Waals surface area contributed by atoms with E-state index in [1.807, 2.05) is 0 Å². The Kier molecular flexibility index (Phi) is 5.59. The Balaban J connectivity index is 2.51. The van der Waals surface area contributed by atoms with Crippen molar-refractivity contribution in [1.82, 2.24) is 0 Å². The minimum Gasteiger partial charge on any atom is -0.302 e. The van der Waals surface area contributed by atoms with Crippen LogP contribution in [0.25, 0.3) is 0 Å². The van der Waals surface area contributed by atoms with E-state index in [4.69, 9.17) is 0 Å². The molecule has 1 saturated carbocycles. The molecular formula is C13H22O2. The van der Waals surface area contributed by atoms with Crippen molar-refractivity contribution >= 4 is 12.6 Å². The summed E-state index contributed by atoms with van der Waals surface area (Å²) < 4.78 is 0. The largest absolute Gasteiger partial charge is 0.302 e. The van der Waals surface area contributed by atoms with Gasteiger partial charge in [0.2, 0.25) is 0 Å². The van der Waals surface area contributed by atoms with Crippen molar-refractivity contribution in [2.24, 2.45) is 5.41 Å². The average Bonchev–Trinajstić information content (AvgIpc) is 2.33. The Labute approximate surface area is 92.4 Å². The van der Waals surface area contributed by atoms with Gasteiger partial charge in [0, 0.05) is 0 Å². The first-order valence-corrected chi connectivity index (χ1v) is 6.26. The molecule has 0 amide bonds. The third-order valence-corrected chi connectivity index (χ3v) is 3.50. The maximum absolute atomic E-state index is 11.0. The quantitative estimate of drug-likeness (QED) is 0.517. The van der Waals surface area contributed by atoms with Crippen LogP contribution in [0.5, 0.6) is 0 Å². The molecule has 0 atom stereocenters. The zero-order valence-electron chi connectivity index (χ0n) is 9.54. The highest BCUT2D eigenvalue weighted by atomic mass is 16.1. The highest BCUT2D eigenvalue weighted by Crippen LogP contribution is 2.28. The zero-order chi connectivity index (χ0) is 11.0. The SMILES string of the molecule is O=CC1(C=O)CCCCCCCCCC1. The lowest BCUT2D eigenvalue weighted by Crippen LogP contribution is -2.24. The fourth-order valence-electron chi connectivity index (χ4n) is 2.36. The summed E-state index contributed by atoms with van der Waals surface area (Å²) in [7, 11) is 0. The molecular weight excluding hydrogens is 188 g/mol. The van der Waals surface area contributed by atoms with Gasteiger partial charge in [-0.05, 0) is 12.8 Å². The first-order valence-electron chi connectivity index (χ1n) is 6.26. The zero-order valence-corrected chi connectivity index (χ0v) is 9.54. The van der Waals surface area contributed by atoms with Gasteiger partial charge in [-0.3, -0.25) is 0 Å². The smallest absolute Gasteiger partial charge is 0.133 e. The van der Waals surface area contributed by atoms with E-state index in [0.29, 0.717) is 0 Å². The molecule has 1 rings (SSSR count). The predicted octanol–water partition coefficient (Wildman–Crippen LogP) is 3.29. The van der Waals surface area contributed by atoms with Crippen molar-refractivity contribution in [2.45, 2.75) is 64.2 Å². The second kappa shape index (κ2) is 6.76. The molecule has 2 nitrogen and oxygen atoms in total. The highest BCUT2D eigenvalue weighted by molar-refractivity contribution is 5.83. The van der Waals surface area contributed by atoms with E-state index >= 15 is 0 Å². The predicted molar refractivity (Wildman–Crippen MR) is 60.7 cm³/mol. The van der Waals surface area contributed by atoms with E-state index in [2.05, 4.69) is 0 Å². The summed E-state index contributed by atoms with van der Waals surface area (Å²) >= 11 is 0. The summed E-state index contributed by atoms with van der Waals surface area (Å²) in [6.07, 6.45) is 12.8. The van der Waals surface area contributed by atoms with Crippen LogP contribution in [0.4, 0.5) is 0 Å². The minimum atomic E-state index is -0.648. The molecule has 0 unspecified atom stereocenters. The molecule has 0 saturated heterocycles. The third-order valence-electron chi connectivity index (χ3n) is 3.50. The molecule has 0 aliphatic heterocycles. The summed E-state index contributed by atoms with van der Waals surface area (Å²) in [5, 5.41) is 0. The highest BCUT2D eigenvalue weighted by Gasteiger charge is 2.28. The molecule has 0 radical (unpaired) electrons. The molecule has 0 bridgehead atoms. The normalized spacial score (nSPS) is 23.7. The molecule has 1 fully saturated rings. The van der Waals surface area contributed by atoms with Crippen LogP contribution in [0.1, 0.15) is 64.2 Å². The van der Waals surface area contributed by atoms with Crippen molar-refractivity contribution in [1.29, 1.82) is 0 Å². The van der Waals surface area contributed by atoms with Gasteiger partial charge >= 0.3 is 0 Å². The molecule has 0 heterocycles. The molecule has 86 valence electrons. The summed E-state index contributed by atoms with van der Waals surface area (Å²) in [5.74, 6) is 0. The van der Waals surface area contributed by atoms with Crippen LogP contribution in [0.2, 0.25) is 0 Å². The van der Waals surface area contributed by atoms with Gasteiger partial charge in [-0.15, -0.1) is 0 Å². The van der Waals surface area contributed by atoms with Gasteiger partial charge in [-0.2, -0.15) is 0 Å². The van der Waals surface area contributed by atoms with E-state index in [1.165, 1.54) is 38.5 Å². The molecule has 1 aliphatic carbocycles. The topological polar surface area (TPSA) is 34.1 Å². The van der Waals surface area contributed by atoms with Crippen molar-refractivity contribution in [3.63, 3.8) is 0 Å². The lowest BCUT2D eigenvalue weighted by Gasteiger charge is -2.20. The fourth-order valence-corrected chi connectivity index (χ4v) is 2.36. The number of aldehydes is 2. The van der Waals surface area contributed by atoms with E-state index in [-0.39, 0.29) is 0 Å². The Hall–Kier alpha value is -0.660. The first kappa shape index (κ1) is 12.4. The maximum Gasteiger partial charge on any atom is 0.133 e. The number of hydrogen-bond donors (Lipinski definition) is 0. The summed E-state index contributed by atoms with van der Waals surface area (Å²) in [5.41, 5.74) is -0.648. The van der Waals surface area contributed by atoms with Gasteiger partial charge < -0.3 is 9.59 Å². The second-order valence-electron chi connectivity index (χ2n) is 4.80. The first-order chi connectivity index (χ1) is 7.33. The fraction of sp³-hybridized carbons (Fsp3) is 0.846. The van der Waals surface area contributed by atoms with Crippen LogP contribution in [-0.2, 0) is 9.59 Å². The molecule has 1 aliphatic rings. The van der Waals surface area contributed by atoms with Crippen molar-refractivity contribution in [2.75, 3.05) is 0 Å². The number of carbonyl (C=O) groups is 2. The minimum absolute atomic E-state index is 0.648. The molecule has 0 aromatic carbocycles. The van der Waals surface area contributed by atoms with Crippen LogP contribution in [0.15, 0.2) is 0 Å². The van der Waals surface area contributed by atoms with Gasteiger partial charge in [-0.25, -0.2) is 0 Å². The third kappa shape index (κ3) is 4.15. The molecule has 0 spiro atoms. The molecule has 0 aromatic rings. The van der Waals surface area contributed by atoms with Gasteiger partial charge in [-0.1, -0.05) is 51.4 Å². The Morgan fingerprint density at radius 2 is 0.933 bits per heavy atom. The van der Waals surface area contributed by atoms with Gasteiger partial charge in [0.1, 0.15) is 12.6 Å². The molecule has 0 aromatic heterocycles. The monoisotopic (exact) mass is 210 g/mol. The van der Waals surface area contributed by atoms with Crippen LogP contribution < -0.4 is 0 Å². The Morgan fingerprint density at radius 1 is 0.600 bits per heavy atom. The van der Waals surface area contributed by atoms with Gasteiger partial charge in [0.15, 0.2) is 0 Å².